The molecule has 2 amide bonds. The summed E-state index contributed by atoms with van der Waals surface area (Å²) in [5, 5.41) is 1.10. The molecule has 2 aromatic carbocycles. The molecule has 0 aromatic heterocycles. The second kappa shape index (κ2) is 7.19. The molecule has 1 saturated heterocycles. The van der Waals surface area contributed by atoms with E-state index >= 15 is 0 Å². The molecule has 122 valence electrons. The Kier molecular flexibility index (Phi) is 5.21. The molecule has 0 spiro atoms. The third-order valence-corrected chi connectivity index (χ3v) is 5.25. The lowest BCUT2D eigenvalue weighted by Gasteiger charge is -2.13. The number of rotatable bonds is 3. The summed E-state index contributed by atoms with van der Waals surface area (Å²) in [6.45, 7) is 0.135. The summed E-state index contributed by atoms with van der Waals surface area (Å²) in [6, 6.07) is 12.1. The van der Waals surface area contributed by atoms with Crippen LogP contribution in [-0.4, -0.2) is 16.0 Å². The molecule has 2 aromatic rings. The SMILES string of the molecule is O=C1S/C(=C/c2ccc(Cl)cc2Cl)C(=O)N1Cc1ccccc1Cl. The quantitative estimate of drug-likeness (QED) is 0.606. The highest BCUT2D eigenvalue weighted by Gasteiger charge is 2.35. The van der Waals surface area contributed by atoms with Gasteiger partial charge in [0.25, 0.3) is 11.1 Å². The summed E-state index contributed by atoms with van der Waals surface area (Å²) in [5.41, 5.74) is 1.34. The fraction of sp³-hybridized carbons (Fsp3) is 0.0588. The number of benzene rings is 2. The highest BCUT2D eigenvalue weighted by atomic mass is 35.5. The number of hydrogen-bond acceptors (Lipinski definition) is 3. The van der Waals surface area contributed by atoms with Gasteiger partial charge in [-0.15, -0.1) is 0 Å². The first-order valence-electron chi connectivity index (χ1n) is 6.89. The van der Waals surface area contributed by atoms with Crippen LogP contribution in [0.3, 0.4) is 0 Å². The smallest absolute Gasteiger partial charge is 0.268 e. The van der Waals surface area contributed by atoms with Crippen LogP contribution < -0.4 is 0 Å². The maximum Gasteiger partial charge on any atom is 0.293 e. The Balaban J connectivity index is 1.86. The molecule has 1 fully saturated rings. The van der Waals surface area contributed by atoms with Crippen LogP contribution >= 0.6 is 46.6 Å². The number of thioether (sulfide) groups is 1. The number of halogens is 3. The number of nitrogens with zero attached hydrogens (tertiary/aromatic N) is 1. The Hall–Kier alpha value is -1.46. The van der Waals surface area contributed by atoms with Gasteiger partial charge in [-0.1, -0.05) is 59.1 Å². The number of amides is 2. The lowest BCUT2D eigenvalue weighted by atomic mass is 10.2. The highest BCUT2D eigenvalue weighted by molar-refractivity contribution is 8.18. The van der Waals surface area contributed by atoms with E-state index in [4.69, 9.17) is 34.8 Å². The summed E-state index contributed by atoms with van der Waals surface area (Å²) in [6.07, 6.45) is 1.59. The fourth-order valence-electron chi connectivity index (χ4n) is 2.19. The van der Waals surface area contributed by atoms with E-state index in [2.05, 4.69) is 0 Å². The van der Waals surface area contributed by atoms with Crippen LogP contribution in [0.1, 0.15) is 11.1 Å². The predicted molar refractivity (Wildman–Crippen MR) is 99.4 cm³/mol. The van der Waals surface area contributed by atoms with Crippen LogP contribution in [0.25, 0.3) is 6.08 Å². The Morgan fingerprint density at radius 2 is 1.75 bits per heavy atom. The van der Waals surface area contributed by atoms with Gasteiger partial charge in [0, 0.05) is 15.1 Å². The lowest BCUT2D eigenvalue weighted by Crippen LogP contribution is -2.27. The minimum absolute atomic E-state index is 0.135. The number of carbonyl (C=O) groups excluding carboxylic acids is 2. The van der Waals surface area contributed by atoms with E-state index < -0.39 is 0 Å². The zero-order valence-electron chi connectivity index (χ0n) is 12.1. The number of hydrogen-bond donors (Lipinski definition) is 0. The van der Waals surface area contributed by atoms with Crippen molar-refractivity contribution in [3.8, 4) is 0 Å². The average Bonchev–Trinajstić information content (AvgIpc) is 2.79. The lowest BCUT2D eigenvalue weighted by molar-refractivity contribution is -0.123. The average molecular weight is 399 g/mol. The summed E-state index contributed by atoms with van der Waals surface area (Å²) >= 11 is 19.0. The molecule has 1 aliphatic heterocycles. The van der Waals surface area contributed by atoms with Crippen molar-refractivity contribution in [1.29, 1.82) is 0 Å². The van der Waals surface area contributed by atoms with Gasteiger partial charge in [0.05, 0.1) is 11.4 Å². The molecule has 0 atom stereocenters. The van der Waals surface area contributed by atoms with Crippen molar-refractivity contribution in [2.45, 2.75) is 6.54 Å². The van der Waals surface area contributed by atoms with E-state index in [1.165, 1.54) is 4.90 Å². The molecular formula is C17H10Cl3NO2S. The minimum atomic E-state index is -0.365. The van der Waals surface area contributed by atoms with Gasteiger partial charge in [0.2, 0.25) is 0 Å². The molecule has 1 aliphatic rings. The minimum Gasteiger partial charge on any atom is -0.268 e. The second-order valence-electron chi connectivity index (χ2n) is 5.03. The summed E-state index contributed by atoms with van der Waals surface area (Å²) < 4.78 is 0. The van der Waals surface area contributed by atoms with Gasteiger partial charge < -0.3 is 0 Å². The van der Waals surface area contributed by atoms with Crippen LogP contribution in [0.5, 0.6) is 0 Å². The largest absolute Gasteiger partial charge is 0.293 e. The van der Waals surface area contributed by atoms with E-state index in [1.54, 1.807) is 42.5 Å². The van der Waals surface area contributed by atoms with E-state index in [0.29, 0.717) is 31.1 Å². The summed E-state index contributed by atoms with van der Waals surface area (Å²) in [7, 11) is 0. The third-order valence-electron chi connectivity index (χ3n) is 3.41. The van der Waals surface area contributed by atoms with Gasteiger partial charge in [0.1, 0.15) is 0 Å². The number of carbonyl (C=O) groups is 2. The Morgan fingerprint density at radius 1 is 1.00 bits per heavy atom. The van der Waals surface area contributed by atoms with Crippen LogP contribution in [0.2, 0.25) is 15.1 Å². The molecule has 0 radical (unpaired) electrons. The van der Waals surface area contributed by atoms with E-state index in [1.807, 2.05) is 6.07 Å². The maximum absolute atomic E-state index is 12.5. The zero-order valence-corrected chi connectivity index (χ0v) is 15.2. The molecule has 3 rings (SSSR count). The monoisotopic (exact) mass is 397 g/mol. The molecule has 0 unspecified atom stereocenters. The van der Waals surface area contributed by atoms with E-state index in [-0.39, 0.29) is 17.7 Å². The zero-order chi connectivity index (χ0) is 17.3. The van der Waals surface area contributed by atoms with Gasteiger partial charge >= 0.3 is 0 Å². The first kappa shape index (κ1) is 17.4. The molecule has 0 aliphatic carbocycles. The molecule has 7 heteroatoms. The van der Waals surface area contributed by atoms with Crippen LogP contribution in [0.4, 0.5) is 4.79 Å². The van der Waals surface area contributed by atoms with E-state index in [9.17, 15) is 9.59 Å². The molecule has 3 nitrogen and oxygen atoms in total. The standard InChI is InChI=1S/C17H10Cl3NO2S/c18-12-6-5-10(14(20)8-12)7-15-16(22)21(17(23)24-15)9-11-3-1-2-4-13(11)19/h1-8H,9H2/b15-7+. The Morgan fingerprint density at radius 3 is 2.46 bits per heavy atom. The Labute approximate surface area is 158 Å². The van der Waals surface area contributed by atoms with Gasteiger partial charge in [-0.05, 0) is 47.2 Å². The molecule has 24 heavy (non-hydrogen) atoms. The second-order valence-corrected chi connectivity index (χ2v) is 7.27. The van der Waals surface area contributed by atoms with Crippen molar-refractivity contribution in [3.05, 3.63) is 73.6 Å². The van der Waals surface area contributed by atoms with Crippen LogP contribution in [-0.2, 0) is 11.3 Å². The van der Waals surface area contributed by atoms with Crippen molar-refractivity contribution in [2.75, 3.05) is 0 Å². The molecule has 0 saturated carbocycles. The van der Waals surface area contributed by atoms with Crippen molar-refractivity contribution >= 4 is 63.8 Å². The summed E-state index contributed by atoms with van der Waals surface area (Å²) in [4.78, 5) is 26.2. The molecule has 0 N–H and O–H groups in total. The normalized spacial score (nSPS) is 16.3. The van der Waals surface area contributed by atoms with Crippen LogP contribution in [0, 0.1) is 0 Å². The summed E-state index contributed by atoms with van der Waals surface area (Å²) in [5.74, 6) is -0.365. The molecular weight excluding hydrogens is 389 g/mol. The van der Waals surface area contributed by atoms with Gasteiger partial charge in [-0.3, -0.25) is 14.5 Å². The maximum atomic E-state index is 12.5. The topological polar surface area (TPSA) is 37.4 Å². The molecule has 0 bridgehead atoms. The van der Waals surface area contributed by atoms with E-state index in [0.717, 1.165) is 11.8 Å². The van der Waals surface area contributed by atoms with Crippen LogP contribution in [0.15, 0.2) is 47.4 Å². The van der Waals surface area contributed by atoms with Gasteiger partial charge in [-0.2, -0.15) is 0 Å². The fourth-order valence-corrected chi connectivity index (χ4v) is 3.68. The van der Waals surface area contributed by atoms with Gasteiger partial charge in [-0.25, -0.2) is 0 Å². The van der Waals surface area contributed by atoms with Crippen molar-refractivity contribution in [2.24, 2.45) is 0 Å². The Bertz CT molecular complexity index is 867. The number of imide groups is 1. The highest BCUT2D eigenvalue weighted by Crippen LogP contribution is 2.35. The van der Waals surface area contributed by atoms with Crippen molar-refractivity contribution in [3.63, 3.8) is 0 Å². The predicted octanol–water partition coefficient (Wildman–Crippen LogP) is 5.88. The van der Waals surface area contributed by atoms with Crippen molar-refractivity contribution < 1.29 is 9.59 Å². The molecule has 1 heterocycles. The first-order chi connectivity index (χ1) is 11.5. The first-order valence-corrected chi connectivity index (χ1v) is 8.84. The van der Waals surface area contributed by atoms with Crippen molar-refractivity contribution in [1.82, 2.24) is 4.90 Å². The third kappa shape index (κ3) is 3.62. The van der Waals surface area contributed by atoms with Gasteiger partial charge in [0.15, 0.2) is 0 Å².